The Morgan fingerprint density at radius 3 is 2.52 bits per heavy atom. The van der Waals surface area contributed by atoms with Crippen molar-refractivity contribution in [3.63, 3.8) is 0 Å². The molecule has 0 atom stereocenters. The third kappa shape index (κ3) is 4.39. The van der Waals surface area contributed by atoms with Crippen molar-refractivity contribution in [1.82, 2.24) is 9.97 Å². The summed E-state index contributed by atoms with van der Waals surface area (Å²) < 4.78 is 109. The molecule has 0 aliphatic carbocycles. The van der Waals surface area contributed by atoms with Crippen molar-refractivity contribution in [1.29, 1.82) is 0 Å². The van der Waals surface area contributed by atoms with Gasteiger partial charge in [-0.1, -0.05) is 12.1 Å². The van der Waals surface area contributed by atoms with E-state index >= 15 is 0 Å². The zero-order valence-corrected chi connectivity index (χ0v) is 14.9. The van der Waals surface area contributed by atoms with Gasteiger partial charge in [0.15, 0.2) is 12.4 Å². The van der Waals surface area contributed by atoms with Crippen LogP contribution in [0.4, 0.5) is 32.0 Å². The average Bonchev–Trinajstić information content (AvgIpc) is 3.07. The molecule has 13 heteroatoms. The van der Waals surface area contributed by atoms with E-state index in [4.69, 9.17) is 0 Å². The topological polar surface area (TPSA) is 84.1 Å². The van der Waals surface area contributed by atoms with E-state index in [2.05, 4.69) is 14.7 Å². The Hall–Kier alpha value is -2.96. The van der Waals surface area contributed by atoms with Crippen molar-refractivity contribution in [2.24, 2.45) is 0 Å². The number of halogens is 6. The van der Waals surface area contributed by atoms with Crippen LogP contribution in [0.1, 0.15) is 12.0 Å². The highest BCUT2D eigenvalue weighted by Crippen LogP contribution is 2.30. The number of pyridine rings is 1. The minimum Gasteiger partial charge on any atom is -0.469 e. The van der Waals surface area contributed by atoms with Gasteiger partial charge in [0, 0.05) is 28.7 Å². The predicted molar refractivity (Wildman–Crippen MR) is 89.7 cm³/mol. The molecule has 0 radical (unpaired) electrons. The Labute approximate surface area is 159 Å². The second-order valence-electron chi connectivity index (χ2n) is 5.68. The molecule has 0 aliphatic heterocycles. The normalized spacial score (nSPS) is 12.1. The Bertz CT molecular complexity index is 1150. The summed E-state index contributed by atoms with van der Waals surface area (Å²) in [7, 11) is -4.48. The Balaban J connectivity index is 1.91. The molecular weight excluding hydrogens is 428 g/mol. The minimum absolute atomic E-state index is 0.0348. The van der Waals surface area contributed by atoms with Crippen LogP contribution in [0, 0.1) is 11.8 Å². The highest BCUT2D eigenvalue weighted by atomic mass is 32.2. The number of rotatable bonds is 7. The van der Waals surface area contributed by atoms with E-state index in [0.29, 0.717) is 6.07 Å². The third-order valence-corrected chi connectivity index (χ3v) is 5.10. The largest absolute Gasteiger partial charge is 0.469 e. The molecule has 0 fully saturated rings. The fourth-order valence-corrected chi connectivity index (χ4v) is 3.66. The van der Waals surface area contributed by atoms with Gasteiger partial charge in [-0.2, -0.15) is 9.37 Å². The van der Waals surface area contributed by atoms with E-state index in [1.807, 2.05) is 0 Å². The van der Waals surface area contributed by atoms with Gasteiger partial charge in [-0.25, -0.2) is 30.4 Å². The van der Waals surface area contributed by atoms with E-state index in [-0.39, 0.29) is 16.5 Å². The summed E-state index contributed by atoms with van der Waals surface area (Å²) in [5, 5.41) is 0.0348. The molecule has 0 saturated heterocycles. The van der Waals surface area contributed by atoms with Crippen LogP contribution in [0.5, 0.6) is 5.88 Å². The first-order valence-electron chi connectivity index (χ1n) is 7.77. The van der Waals surface area contributed by atoms with E-state index in [0.717, 1.165) is 24.4 Å². The molecule has 3 rings (SSSR count). The molecule has 0 bridgehead atoms. The number of aromatic nitrogens is 2. The Morgan fingerprint density at radius 1 is 1.14 bits per heavy atom. The lowest BCUT2D eigenvalue weighted by atomic mass is 10.2. The quantitative estimate of drug-likeness (QED) is 0.427. The number of hydrogen-bond donors (Lipinski definition) is 2. The molecule has 2 heterocycles. The first kappa shape index (κ1) is 20.8. The van der Waals surface area contributed by atoms with E-state index < -0.39 is 57.7 Å². The molecule has 0 amide bonds. The van der Waals surface area contributed by atoms with Crippen LogP contribution in [0.15, 0.2) is 35.4 Å². The van der Waals surface area contributed by atoms with Gasteiger partial charge in [0.05, 0.1) is 0 Å². The van der Waals surface area contributed by atoms with Crippen LogP contribution in [0.3, 0.4) is 0 Å². The van der Waals surface area contributed by atoms with Gasteiger partial charge in [0.1, 0.15) is 10.6 Å². The molecule has 0 unspecified atom stereocenters. The summed E-state index contributed by atoms with van der Waals surface area (Å²) in [5.41, 5.74) is -1.15. The number of anilines is 1. The van der Waals surface area contributed by atoms with Crippen LogP contribution < -0.4 is 9.46 Å². The fourth-order valence-electron chi connectivity index (χ4n) is 2.44. The van der Waals surface area contributed by atoms with Gasteiger partial charge < -0.3 is 9.72 Å². The van der Waals surface area contributed by atoms with Crippen molar-refractivity contribution < 1.29 is 39.5 Å². The number of fused-ring (bicyclic) bond motifs is 1. The SMILES string of the molecule is O=S(=O)(Nc1cc(F)c(OCC(F)F)nc1F)c1c[nH]c2cc(C(F)F)ccc12. The molecule has 2 aromatic heterocycles. The Morgan fingerprint density at radius 2 is 1.86 bits per heavy atom. The number of sulfonamides is 1. The van der Waals surface area contributed by atoms with E-state index in [1.54, 1.807) is 4.72 Å². The smallest absolute Gasteiger partial charge is 0.272 e. The first-order valence-corrected chi connectivity index (χ1v) is 9.26. The van der Waals surface area contributed by atoms with Crippen molar-refractivity contribution >= 4 is 26.6 Å². The lowest BCUT2D eigenvalue weighted by Crippen LogP contribution is -2.15. The maximum absolute atomic E-state index is 14.0. The van der Waals surface area contributed by atoms with Crippen LogP contribution in [-0.2, 0) is 10.0 Å². The highest BCUT2D eigenvalue weighted by Gasteiger charge is 2.23. The van der Waals surface area contributed by atoms with Crippen LogP contribution in [0.2, 0.25) is 0 Å². The van der Waals surface area contributed by atoms with Crippen LogP contribution in [0.25, 0.3) is 10.9 Å². The third-order valence-electron chi connectivity index (χ3n) is 3.70. The monoisotopic (exact) mass is 439 g/mol. The average molecular weight is 439 g/mol. The summed E-state index contributed by atoms with van der Waals surface area (Å²) in [6, 6.07) is 3.59. The van der Waals surface area contributed by atoms with Gasteiger partial charge >= 0.3 is 0 Å². The van der Waals surface area contributed by atoms with Crippen molar-refractivity contribution in [3.05, 3.63) is 47.8 Å². The molecule has 2 N–H and O–H groups in total. The van der Waals surface area contributed by atoms with Crippen molar-refractivity contribution in [3.8, 4) is 5.88 Å². The van der Waals surface area contributed by atoms with Gasteiger partial charge in [-0.05, 0) is 6.07 Å². The first-order chi connectivity index (χ1) is 13.6. The lowest BCUT2D eigenvalue weighted by molar-refractivity contribution is 0.0768. The number of H-pyrrole nitrogens is 1. The Kier molecular flexibility index (Phi) is 5.59. The summed E-state index contributed by atoms with van der Waals surface area (Å²) >= 11 is 0. The van der Waals surface area contributed by atoms with Gasteiger partial charge in [-0.3, -0.25) is 4.72 Å². The number of nitrogens with zero attached hydrogens (tertiary/aromatic N) is 1. The number of hydrogen-bond acceptors (Lipinski definition) is 4. The maximum atomic E-state index is 14.0. The fraction of sp³-hybridized carbons (Fsp3) is 0.188. The molecule has 6 nitrogen and oxygen atoms in total. The van der Waals surface area contributed by atoms with Gasteiger partial charge in [0.25, 0.3) is 28.8 Å². The van der Waals surface area contributed by atoms with Gasteiger partial charge in [0.2, 0.25) is 5.95 Å². The predicted octanol–water partition coefficient (Wildman–Crippen LogP) is 4.22. The van der Waals surface area contributed by atoms with Crippen molar-refractivity contribution in [2.45, 2.75) is 17.7 Å². The molecular formula is C16H11F6N3O3S. The second-order valence-corrected chi connectivity index (χ2v) is 7.33. The molecule has 0 saturated carbocycles. The molecule has 29 heavy (non-hydrogen) atoms. The standard InChI is InChI=1S/C16H11F6N3O3S/c17-9-4-11(15(22)24-16(9)28-6-13(18)19)25-29(26,27)12-5-23-10-3-7(14(20)21)1-2-8(10)12/h1-5,13-14,23,25H,6H2. The maximum Gasteiger partial charge on any atom is 0.272 e. The molecule has 1 aromatic carbocycles. The zero-order valence-electron chi connectivity index (χ0n) is 14.1. The van der Waals surface area contributed by atoms with E-state index in [1.165, 1.54) is 0 Å². The zero-order chi connectivity index (χ0) is 21.3. The minimum atomic E-state index is -4.48. The van der Waals surface area contributed by atoms with Gasteiger partial charge in [-0.15, -0.1) is 0 Å². The number of nitrogens with one attached hydrogen (secondary N) is 2. The number of aromatic amines is 1. The van der Waals surface area contributed by atoms with Crippen LogP contribution in [-0.4, -0.2) is 31.4 Å². The van der Waals surface area contributed by atoms with E-state index in [9.17, 15) is 34.8 Å². The molecule has 3 aromatic rings. The number of benzene rings is 1. The summed E-state index contributed by atoms with van der Waals surface area (Å²) in [6.07, 6.45) is -4.73. The molecule has 156 valence electrons. The highest BCUT2D eigenvalue weighted by molar-refractivity contribution is 7.93. The molecule has 0 spiro atoms. The summed E-state index contributed by atoms with van der Waals surface area (Å²) in [4.78, 5) is 5.09. The van der Waals surface area contributed by atoms with Crippen molar-refractivity contribution in [2.75, 3.05) is 11.3 Å². The number of ether oxygens (including phenoxy) is 1. The lowest BCUT2D eigenvalue weighted by Gasteiger charge is -2.10. The van der Waals surface area contributed by atoms with Crippen LogP contribution >= 0.6 is 0 Å². The summed E-state index contributed by atoms with van der Waals surface area (Å²) in [5.74, 6) is -3.94. The second kappa shape index (κ2) is 7.81. The summed E-state index contributed by atoms with van der Waals surface area (Å²) in [6.45, 7) is -1.23. The number of alkyl halides is 4. The molecule has 0 aliphatic rings.